The number of nitrogens with zero attached hydrogens (tertiary/aromatic N) is 4. The van der Waals surface area contributed by atoms with Crippen LogP contribution in [0.5, 0.6) is 0 Å². The van der Waals surface area contributed by atoms with Crippen LogP contribution in [0.3, 0.4) is 0 Å². The Bertz CT molecular complexity index is 1160. The predicted octanol–water partition coefficient (Wildman–Crippen LogP) is 9.17. The molecule has 0 amide bonds. The third kappa shape index (κ3) is 7.60. The number of aryl methyl sites for hydroxylation is 2. The molecule has 0 aliphatic rings. The predicted molar refractivity (Wildman–Crippen MR) is 150 cm³/mol. The number of azo groups is 2. The van der Waals surface area contributed by atoms with Gasteiger partial charge in [-0.15, -0.1) is 0 Å². The summed E-state index contributed by atoms with van der Waals surface area (Å²) in [7, 11) is 0. The van der Waals surface area contributed by atoms with Crippen molar-refractivity contribution in [3.8, 4) is 0 Å². The van der Waals surface area contributed by atoms with Crippen molar-refractivity contribution in [1.29, 1.82) is 0 Å². The van der Waals surface area contributed by atoms with Crippen molar-refractivity contribution in [3.05, 3.63) is 108 Å². The normalized spacial score (nSPS) is 11.3. The molecule has 0 aliphatic carbocycles. The molecule has 182 valence electrons. The Morgan fingerprint density at radius 1 is 0.417 bits per heavy atom. The van der Waals surface area contributed by atoms with Gasteiger partial charge in [0.25, 0.3) is 0 Å². The molecular formula is C30H32N6. The Morgan fingerprint density at radius 2 is 0.694 bits per heavy atom. The van der Waals surface area contributed by atoms with E-state index in [0.29, 0.717) is 0 Å². The number of benzene rings is 4. The molecule has 0 atom stereocenters. The molecule has 0 aromatic heterocycles. The molecule has 0 saturated carbocycles. The molecule has 6 nitrogen and oxygen atoms in total. The molecule has 0 aliphatic heterocycles. The van der Waals surface area contributed by atoms with Crippen molar-refractivity contribution in [1.82, 2.24) is 0 Å². The van der Waals surface area contributed by atoms with E-state index in [0.717, 1.165) is 60.1 Å². The van der Waals surface area contributed by atoms with Crippen LogP contribution in [0.1, 0.15) is 25.0 Å². The molecule has 0 fully saturated rings. The molecule has 0 spiro atoms. The molecule has 4 rings (SSSR count). The molecule has 36 heavy (non-hydrogen) atoms. The lowest BCUT2D eigenvalue weighted by molar-refractivity contribution is 1.08. The van der Waals surface area contributed by atoms with Crippen LogP contribution < -0.4 is 10.6 Å². The Kier molecular flexibility index (Phi) is 8.92. The second kappa shape index (κ2) is 13.0. The molecule has 2 N–H and O–H groups in total. The first kappa shape index (κ1) is 24.8. The fourth-order valence-corrected chi connectivity index (χ4v) is 3.53. The van der Waals surface area contributed by atoms with Crippen LogP contribution in [0.25, 0.3) is 0 Å². The van der Waals surface area contributed by atoms with Gasteiger partial charge < -0.3 is 10.6 Å². The number of anilines is 2. The van der Waals surface area contributed by atoms with Gasteiger partial charge in [0.05, 0.1) is 22.7 Å². The van der Waals surface area contributed by atoms with Gasteiger partial charge in [0, 0.05) is 24.5 Å². The van der Waals surface area contributed by atoms with Gasteiger partial charge in [0.1, 0.15) is 0 Å². The summed E-state index contributed by atoms with van der Waals surface area (Å²) >= 11 is 0. The largest absolute Gasteiger partial charge is 0.383 e. The van der Waals surface area contributed by atoms with E-state index in [-0.39, 0.29) is 0 Å². The lowest BCUT2D eigenvalue weighted by Crippen LogP contribution is -2.13. The van der Waals surface area contributed by atoms with Crippen LogP contribution in [0, 0.1) is 0 Å². The van der Waals surface area contributed by atoms with Crippen LogP contribution in [0.15, 0.2) is 118 Å². The number of rotatable bonds is 11. The van der Waals surface area contributed by atoms with E-state index in [1.165, 1.54) is 11.1 Å². The highest BCUT2D eigenvalue weighted by molar-refractivity contribution is 5.53. The Balaban J connectivity index is 1.19. The van der Waals surface area contributed by atoms with E-state index >= 15 is 0 Å². The number of hydrogen-bond donors (Lipinski definition) is 2. The van der Waals surface area contributed by atoms with Gasteiger partial charge in [-0.3, -0.25) is 0 Å². The van der Waals surface area contributed by atoms with E-state index in [9.17, 15) is 0 Å². The zero-order chi connectivity index (χ0) is 25.0. The van der Waals surface area contributed by atoms with Crippen LogP contribution >= 0.6 is 0 Å². The van der Waals surface area contributed by atoms with Gasteiger partial charge in [-0.25, -0.2) is 0 Å². The summed E-state index contributed by atoms with van der Waals surface area (Å²) in [5, 5.41) is 24.1. The molecule has 0 heterocycles. The Morgan fingerprint density at radius 3 is 0.972 bits per heavy atom. The monoisotopic (exact) mass is 476 g/mol. The fourth-order valence-electron chi connectivity index (χ4n) is 3.53. The van der Waals surface area contributed by atoms with Crippen molar-refractivity contribution in [2.75, 3.05) is 23.7 Å². The van der Waals surface area contributed by atoms with Crippen molar-refractivity contribution in [3.63, 3.8) is 0 Å². The van der Waals surface area contributed by atoms with Crippen LogP contribution in [0.2, 0.25) is 0 Å². The van der Waals surface area contributed by atoms with E-state index in [4.69, 9.17) is 0 Å². The lowest BCUT2D eigenvalue weighted by atomic mass is 10.2. The van der Waals surface area contributed by atoms with Gasteiger partial charge >= 0.3 is 0 Å². The van der Waals surface area contributed by atoms with E-state index in [2.05, 4.69) is 69.2 Å². The van der Waals surface area contributed by atoms with Crippen LogP contribution in [-0.2, 0) is 12.8 Å². The van der Waals surface area contributed by atoms with Crippen molar-refractivity contribution in [2.24, 2.45) is 20.5 Å². The third-order valence-corrected chi connectivity index (χ3v) is 5.77. The smallest absolute Gasteiger partial charge is 0.0858 e. The van der Waals surface area contributed by atoms with Gasteiger partial charge in [0.15, 0.2) is 0 Å². The van der Waals surface area contributed by atoms with E-state index in [1.54, 1.807) is 0 Å². The molecule has 0 saturated heterocycles. The first-order valence-corrected chi connectivity index (χ1v) is 12.4. The maximum absolute atomic E-state index is 4.32. The average Bonchev–Trinajstić information content (AvgIpc) is 2.95. The average molecular weight is 477 g/mol. The van der Waals surface area contributed by atoms with Crippen LogP contribution in [-0.4, -0.2) is 13.1 Å². The Hall–Kier alpha value is -4.32. The summed E-state index contributed by atoms with van der Waals surface area (Å²) in [5.74, 6) is 0. The number of hydrogen-bond acceptors (Lipinski definition) is 6. The Labute approximate surface area is 213 Å². The SMILES string of the molecule is CCc1ccc(N=Nc2ccc(NCCNc3ccc(N=Nc4ccc(CC)cc4)cc3)cc2)cc1. The molecular weight excluding hydrogens is 444 g/mol. The summed E-state index contributed by atoms with van der Waals surface area (Å²) in [4.78, 5) is 0. The minimum Gasteiger partial charge on any atom is -0.383 e. The van der Waals surface area contributed by atoms with E-state index < -0.39 is 0 Å². The highest BCUT2D eigenvalue weighted by atomic mass is 15.1. The van der Waals surface area contributed by atoms with Crippen LogP contribution in [0.4, 0.5) is 34.1 Å². The molecule has 6 heteroatoms. The minimum absolute atomic E-state index is 0.792. The summed E-state index contributed by atoms with van der Waals surface area (Å²) in [5.41, 5.74) is 8.06. The standard InChI is InChI=1S/C30H32N6/c1-3-23-5-9-27(10-6-23)33-35-29-17-13-25(14-18-29)31-21-22-32-26-15-19-30(20-16-26)36-34-28-11-7-24(4-2)8-12-28/h5-20,31-32H,3-4,21-22H2,1-2H3. The fraction of sp³-hybridized carbons (Fsp3) is 0.200. The zero-order valence-corrected chi connectivity index (χ0v) is 20.9. The zero-order valence-electron chi connectivity index (χ0n) is 20.9. The minimum atomic E-state index is 0.792. The molecule has 4 aromatic rings. The quantitative estimate of drug-likeness (QED) is 0.167. The second-order valence-electron chi connectivity index (χ2n) is 8.39. The van der Waals surface area contributed by atoms with Crippen molar-refractivity contribution < 1.29 is 0 Å². The summed E-state index contributed by atoms with van der Waals surface area (Å²) in [6.07, 6.45) is 2.05. The molecule has 0 unspecified atom stereocenters. The van der Waals surface area contributed by atoms with Gasteiger partial charge in [-0.2, -0.15) is 20.5 Å². The van der Waals surface area contributed by atoms with E-state index in [1.807, 2.05) is 72.8 Å². The second-order valence-corrected chi connectivity index (χ2v) is 8.39. The number of nitrogens with one attached hydrogen (secondary N) is 2. The molecule has 0 bridgehead atoms. The third-order valence-electron chi connectivity index (χ3n) is 5.77. The van der Waals surface area contributed by atoms with Gasteiger partial charge in [-0.1, -0.05) is 38.1 Å². The first-order chi connectivity index (χ1) is 17.7. The maximum Gasteiger partial charge on any atom is 0.0858 e. The first-order valence-electron chi connectivity index (χ1n) is 12.4. The summed E-state index contributed by atoms with van der Waals surface area (Å²) < 4.78 is 0. The van der Waals surface area contributed by atoms with Gasteiger partial charge in [0.2, 0.25) is 0 Å². The summed E-state index contributed by atoms with van der Waals surface area (Å²) in [6.45, 7) is 5.87. The van der Waals surface area contributed by atoms with Crippen molar-refractivity contribution >= 4 is 34.1 Å². The van der Waals surface area contributed by atoms with Crippen molar-refractivity contribution in [2.45, 2.75) is 26.7 Å². The van der Waals surface area contributed by atoms with Gasteiger partial charge in [-0.05, 0) is 96.8 Å². The highest BCUT2D eigenvalue weighted by Crippen LogP contribution is 2.22. The maximum atomic E-state index is 4.32. The molecule has 0 radical (unpaired) electrons. The highest BCUT2D eigenvalue weighted by Gasteiger charge is 1.97. The molecule has 4 aromatic carbocycles. The summed E-state index contributed by atoms with van der Waals surface area (Å²) in [6, 6.07) is 32.2. The lowest BCUT2D eigenvalue weighted by Gasteiger charge is -2.09. The topological polar surface area (TPSA) is 73.5 Å².